The molecular weight excluding hydrogens is 479 g/mol. The molecule has 0 bridgehead atoms. The first kappa shape index (κ1) is 25.1. The fraction of sp³-hybridized carbons (Fsp3) is 0.240. The molecule has 33 heavy (non-hydrogen) atoms. The second kappa shape index (κ2) is 11.5. The highest BCUT2D eigenvalue weighted by atomic mass is 35.5. The van der Waals surface area contributed by atoms with Gasteiger partial charge in [0.15, 0.2) is 0 Å². The molecule has 3 aromatic rings. The molecule has 0 aliphatic rings. The summed E-state index contributed by atoms with van der Waals surface area (Å²) in [6.45, 7) is 1.07. The second-order valence-electron chi connectivity index (χ2n) is 7.76. The van der Waals surface area contributed by atoms with Crippen LogP contribution < -0.4 is 4.31 Å². The number of sulfonamides is 1. The van der Waals surface area contributed by atoms with Gasteiger partial charge in [-0.25, -0.2) is 8.42 Å². The normalized spacial score (nSPS) is 11.2. The monoisotopic (exact) mass is 504 g/mol. The molecule has 0 aliphatic carbocycles. The van der Waals surface area contributed by atoms with Gasteiger partial charge in [-0.3, -0.25) is 9.10 Å². The molecule has 0 radical (unpaired) electrons. The largest absolute Gasteiger partial charge is 0.334 e. The Morgan fingerprint density at radius 1 is 0.848 bits per heavy atom. The molecule has 0 saturated heterocycles. The van der Waals surface area contributed by atoms with E-state index in [-0.39, 0.29) is 23.9 Å². The van der Waals surface area contributed by atoms with Crippen molar-refractivity contribution in [3.05, 3.63) is 100 Å². The number of carbonyl (C=O) groups excluding carboxylic acids is 1. The molecule has 0 fully saturated rings. The Hall–Kier alpha value is -2.54. The Morgan fingerprint density at radius 2 is 1.39 bits per heavy atom. The maximum Gasteiger partial charge on any atom is 0.232 e. The molecule has 0 aromatic heterocycles. The fourth-order valence-electron chi connectivity index (χ4n) is 3.51. The third kappa shape index (κ3) is 7.49. The van der Waals surface area contributed by atoms with Crippen LogP contribution in [-0.2, 0) is 27.9 Å². The summed E-state index contributed by atoms with van der Waals surface area (Å²) in [6.07, 6.45) is 1.65. The van der Waals surface area contributed by atoms with Crippen LogP contribution in [0.5, 0.6) is 0 Å². The van der Waals surface area contributed by atoms with Crippen molar-refractivity contribution < 1.29 is 13.2 Å². The summed E-state index contributed by atoms with van der Waals surface area (Å²) in [5.74, 6) is -0.0478. The predicted octanol–water partition coefficient (Wildman–Crippen LogP) is 5.77. The molecule has 0 unspecified atom stereocenters. The smallest absolute Gasteiger partial charge is 0.232 e. The highest BCUT2D eigenvalue weighted by molar-refractivity contribution is 7.92. The van der Waals surface area contributed by atoms with Gasteiger partial charge in [-0.1, -0.05) is 83.9 Å². The number of rotatable bonds is 10. The minimum absolute atomic E-state index is 0.0478. The first-order chi connectivity index (χ1) is 15.7. The lowest BCUT2D eigenvalue weighted by molar-refractivity contribution is -0.132. The van der Waals surface area contributed by atoms with Crippen LogP contribution in [0.3, 0.4) is 0 Å². The van der Waals surface area contributed by atoms with E-state index in [1.165, 1.54) is 10.4 Å². The summed E-state index contributed by atoms with van der Waals surface area (Å²) in [6, 6.07) is 24.3. The van der Waals surface area contributed by atoms with Gasteiger partial charge in [0.05, 0.1) is 17.0 Å². The standard InChI is InChI=1S/C25H26Cl2N2O3S/c1-33(31,32)29(24-17-22(26)14-15-23(24)27)16-8-13-25(30)28(18-20-9-4-2-5-10-20)19-21-11-6-3-7-12-21/h2-7,9-12,14-15,17H,8,13,16,18-19H2,1H3. The number of hydrogen-bond acceptors (Lipinski definition) is 3. The third-order valence-corrected chi connectivity index (χ3v) is 6.85. The molecule has 3 rings (SSSR count). The van der Waals surface area contributed by atoms with E-state index in [2.05, 4.69) is 0 Å². The van der Waals surface area contributed by atoms with E-state index in [1.54, 1.807) is 17.0 Å². The quantitative estimate of drug-likeness (QED) is 0.352. The Bertz CT molecular complexity index is 1130. The second-order valence-corrected chi connectivity index (χ2v) is 10.5. The van der Waals surface area contributed by atoms with Crippen LogP contribution in [0.25, 0.3) is 0 Å². The van der Waals surface area contributed by atoms with Crippen LogP contribution in [-0.4, -0.2) is 32.0 Å². The first-order valence-electron chi connectivity index (χ1n) is 10.5. The minimum atomic E-state index is -3.61. The number of halogens is 2. The van der Waals surface area contributed by atoms with Gasteiger partial charge in [0, 0.05) is 31.1 Å². The van der Waals surface area contributed by atoms with Gasteiger partial charge in [0.25, 0.3) is 0 Å². The van der Waals surface area contributed by atoms with Crippen molar-refractivity contribution in [2.75, 3.05) is 17.1 Å². The van der Waals surface area contributed by atoms with Crippen LogP contribution >= 0.6 is 23.2 Å². The first-order valence-corrected chi connectivity index (χ1v) is 13.1. The summed E-state index contributed by atoms with van der Waals surface area (Å²) in [5.41, 5.74) is 2.38. The number of nitrogens with zero attached hydrogens (tertiary/aromatic N) is 2. The Kier molecular flexibility index (Phi) is 8.78. The van der Waals surface area contributed by atoms with E-state index in [1.807, 2.05) is 60.7 Å². The zero-order chi connectivity index (χ0) is 23.8. The molecule has 0 atom stereocenters. The molecule has 8 heteroatoms. The molecule has 3 aromatic carbocycles. The summed E-state index contributed by atoms with van der Waals surface area (Å²) >= 11 is 12.3. The van der Waals surface area contributed by atoms with E-state index in [9.17, 15) is 13.2 Å². The number of amides is 1. The topological polar surface area (TPSA) is 57.7 Å². The van der Waals surface area contributed by atoms with E-state index in [0.29, 0.717) is 30.2 Å². The molecule has 0 N–H and O–H groups in total. The number of anilines is 1. The van der Waals surface area contributed by atoms with Gasteiger partial charge in [-0.2, -0.15) is 0 Å². The molecule has 0 spiro atoms. The van der Waals surface area contributed by atoms with Crippen molar-refractivity contribution in [1.29, 1.82) is 0 Å². The van der Waals surface area contributed by atoms with Crippen molar-refractivity contribution in [3.8, 4) is 0 Å². The lowest BCUT2D eigenvalue weighted by atomic mass is 10.1. The lowest BCUT2D eigenvalue weighted by Crippen LogP contribution is -2.33. The van der Waals surface area contributed by atoms with Crippen LogP contribution in [0.4, 0.5) is 5.69 Å². The maximum atomic E-state index is 13.2. The zero-order valence-electron chi connectivity index (χ0n) is 18.3. The average Bonchev–Trinajstić information content (AvgIpc) is 2.78. The molecule has 0 aliphatic heterocycles. The number of benzene rings is 3. The zero-order valence-corrected chi connectivity index (χ0v) is 20.7. The van der Waals surface area contributed by atoms with Crippen LogP contribution in [0.1, 0.15) is 24.0 Å². The van der Waals surface area contributed by atoms with Gasteiger partial charge in [0.2, 0.25) is 15.9 Å². The number of hydrogen-bond donors (Lipinski definition) is 0. The van der Waals surface area contributed by atoms with Gasteiger partial charge in [-0.05, 0) is 35.7 Å². The third-order valence-electron chi connectivity index (χ3n) is 5.11. The van der Waals surface area contributed by atoms with Crippen molar-refractivity contribution in [2.45, 2.75) is 25.9 Å². The van der Waals surface area contributed by atoms with Gasteiger partial charge in [0.1, 0.15) is 0 Å². The minimum Gasteiger partial charge on any atom is -0.334 e. The molecule has 5 nitrogen and oxygen atoms in total. The van der Waals surface area contributed by atoms with Gasteiger partial charge in [-0.15, -0.1) is 0 Å². The Balaban J connectivity index is 1.72. The molecular formula is C25H26Cl2N2O3S. The predicted molar refractivity (Wildman–Crippen MR) is 135 cm³/mol. The fourth-order valence-corrected chi connectivity index (χ4v) is 4.92. The van der Waals surface area contributed by atoms with E-state index < -0.39 is 10.0 Å². The van der Waals surface area contributed by atoms with Gasteiger partial charge < -0.3 is 4.90 Å². The van der Waals surface area contributed by atoms with Crippen molar-refractivity contribution in [1.82, 2.24) is 4.90 Å². The van der Waals surface area contributed by atoms with Gasteiger partial charge >= 0.3 is 0 Å². The number of carbonyl (C=O) groups is 1. The van der Waals surface area contributed by atoms with Crippen molar-refractivity contribution >= 4 is 44.8 Å². The summed E-state index contributed by atoms with van der Waals surface area (Å²) in [4.78, 5) is 14.9. The maximum absolute atomic E-state index is 13.2. The highest BCUT2D eigenvalue weighted by Crippen LogP contribution is 2.31. The highest BCUT2D eigenvalue weighted by Gasteiger charge is 2.22. The SMILES string of the molecule is CS(=O)(=O)N(CCCC(=O)N(Cc1ccccc1)Cc1ccccc1)c1cc(Cl)ccc1Cl. The van der Waals surface area contributed by atoms with Crippen LogP contribution in [0, 0.1) is 0 Å². The lowest BCUT2D eigenvalue weighted by Gasteiger charge is -2.26. The van der Waals surface area contributed by atoms with Crippen LogP contribution in [0.15, 0.2) is 78.9 Å². The van der Waals surface area contributed by atoms with Crippen LogP contribution in [0.2, 0.25) is 10.0 Å². The average molecular weight is 505 g/mol. The summed E-state index contributed by atoms with van der Waals surface area (Å²) < 4.78 is 26.0. The van der Waals surface area contributed by atoms with Crippen molar-refractivity contribution in [2.24, 2.45) is 0 Å². The van der Waals surface area contributed by atoms with Crippen molar-refractivity contribution in [3.63, 3.8) is 0 Å². The molecule has 1 amide bonds. The molecule has 0 heterocycles. The Morgan fingerprint density at radius 3 is 1.91 bits per heavy atom. The van der Waals surface area contributed by atoms with E-state index >= 15 is 0 Å². The molecule has 0 saturated carbocycles. The Labute approximate surface area is 205 Å². The summed E-state index contributed by atoms with van der Waals surface area (Å²) in [5, 5.41) is 0.668. The summed E-state index contributed by atoms with van der Waals surface area (Å²) in [7, 11) is -3.61. The molecule has 174 valence electrons. The van der Waals surface area contributed by atoms with E-state index in [0.717, 1.165) is 17.4 Å². The van der Waals surface area contributed by atoms with E-state index in [4.69, 9.17) is 23.2 Å².